The van der Waals surface area contributed by atoms with Gasteiger partial charge in [0.05, 0.1) is 22.8 Å². The molecule has 0 bridgehead atoms. The lowest BCUT2D eigenvalue weighted by molar-refractivity contribution is -0.133. The fourth-order valence-corrected chi connectivity index (χ4v) is 5.32. The van der Waals surface area contributed by atoms with Crippen molar-refractivity contribution in [2.24, 2.45) is 0 Å². The van der Waals surface area contributed by atoms with Crippen molar-refractivity contribution in [3.63, 3.8) is 0 Å². The van der Waals surface area contributed by atoms with Gasteiger partial charge in [-0.05, 0) is 66.6 Å². The molecule has 0 aliphatic carbocycles. The quantitative estimate of drug-likeness (QED) is 0.273. The fourth-order valence-electron chi connectivity index (χ4n) is 5.12. The van der Waals surface area contributed by atoms with Gasteiger partial charge in [0.15, 0.2) is 6.67 Å². The number of hydrogen-bond acceptors (Lipinski definition) is 5. The van der Waals surface area contributed by atoms with Crippen LogP contribution in [0.3, 0.4) is 0 Å². The highest BCUT2D eigenvalue weighted by Crippen LogP contribution is 2.33. The van der Waals surface area contributed by atoms with Gasteiger partial charge in [-0.3, -0.25) is 9.59 Å². The summed E-state index contributed by atoms with van der Waals surface area (Å²) in [5, 5.41) is 14.3. The number of likely N-dealkylation sites (tertiary alicyclic amines) is 1. The van der Waals surface area contributed by atoms with Crippen LogP contribution >= 0.6 is 11.6 Å². The predicted octanol–water partition coefficient (Wildman–Crippen LogP) is 4.70. The third-order valence-corrected chi connectivity index (χ3v) is 7.38. The van der Waals surface area contributed by atoms with E-state index in [-0.39, 0.29) is 18.0 Å². The number of amides is 1. The number of anilines is 1. The van der Waals surface area contributed by atoms with Gasteiger partial charge in [-0.15, -0.1) is 0 Å². The lowest BCUT2D eigenvalue weighted by Gasteiger charge is -2.31. The molecule has 4 aromatic rings. The van der Waals surface area contributed by atoms with Crippen molar-refractivity contribution in [3.05, 3.63) is 80.7 Å². The zero-order valence-corrected chi connectivity index (χ0v) is 21.7. The van der Waals surface area contributed by atoms with Gasteiger partial charge in [0, 0.05) is 30.9 Å². The number of benzene rings is 2. The number of pyridine rings is 1. The van der Waals surface area contributed by atoms with Gasteiger partial charge in [-0.25, -0.2) is 9.37 Å². The Kier molecular flexibility index (Phi) is 7.49. The number of imidazole rings is 1. The van der Waals surface area contributed by atoms with E-state index >= 15 is 0 Å². The standard InChI is InChI=1S/C28H29ClFN5O3/c1-16-11-19(17-6-9-35(10-7-17)24(37)14-30)13-22-26(16)34-27(33-22)25-21(5-8-31-28(25)38)32-15-23(36)18-3-2-4-20(29)12-18/h2-5,8,11-13,17,23,36H,6-7,9-10,14-15H2,1H3,(H,33,34)(H2,31,32,38)/t23-/m1/s1. The number of hydrogen-bond donors (Lipinski definition) is 4. The number of aromatic amines is 2. The molecule has 1 fully saturated rings. The Bertz CT molecular complexity index is 1530. The van der Waals surface area contributed by atoms with Crippen LogP contribution < -0.4 is 10.9 Å². The number of aliphatic hydroxyl groups is 1. The number of nitrogens with one attached hydrogen (secondary N) is 3. The number of halogens is 2. The molecule has 5 rings (SSSR count). The second-order valence-electron chi connectivity index (χ2n) is 9.66. The summed E-state index contributed by atoms with van der Waals surface area (Å²) in [6.07, 6.45) is 2.25. The Morgan fingerprint density at radius 3 is 2.79 bits per heavy atom. The van der Waals surface area contributed by atoms with Crippen molar-refractivity contribution in [1.29, 1.82) is 0 Å². The zero-order chi connectivity index (χ0) is 26.8. The summed E-state index contributed by atoms with van der Waals surface area (Å²) >= 11 is 6.05. The molecule has 198 valence electrons. The van der Waals surface area contributed by atoms with Crippen molar-refractivity contribution in [2.75, 3.05) is 31.6 Å². The number of piperidine rings is 1. The summed E-state index contributed by atoms with van der Waals surface area (Å²) in [5.74, 6) is 0.218. The summed E-state index contributed by atoms with van der Waals surface area (Å²) in [7, 11) is 0. The number of aliphatic hydroxyl groups excluding tert-OH is 1. The molecule has 3 heterocycles. The zero-order valence-electron chi connectivity index (χ0n) is 20.9. The van der Waals surface area contributed by atoms with Crippen molar-refractivity contribution < 1.29 is 14.3 Å². The molecule has 2 aromatic carbocycles. The van der Waals surface area contributed by atoms with Gasteiger partial charge in [0.1, 0.15) is 11.4 Å². The molecular formula is C28H29ClFN5O3. The van der Waals surface area contributed by atoms with Crippen LogP contribution in [0.25, 0.3) is 22.4 Å². The highest BCUT2D eigenvalue weighted by molar-refractivity contribution is 6.30. The number of rotatable bonds is 7. The third kappa shape index (κ3) is 5.30. The number of aryl methyl sites for hydroxylation is 1. The van der Waals surface area contributed by atoms with Crippen LogP contribution in [0.4, 0.5) is 10.1 Å². The highest BCUT2D eigenvalue weighted by atomic mass is 35.5. The molecule has 1 aliphatic rings. The Morgan fingerprint density at radius 1 is 1.26 bits per heavy atom. The number of aromatic nitrogens is 3. The topological polar surface area (TPSA) is 114 Å². The van der Waals surface area contributed by atoms with Crippen molar-refractivity contribution >= 4 is 34.2 Å². The van der Waals surface area contributed by atoms with E-state index in [9.17, 15) is 19.1 Å². The normalized spacial score (nSPS) is 15.1. The summed E-state index contributed by atoms with van der Waals surface area (Å²) in [6.45, 7) is 2.27. The van der Waals surface area contributed by atoms with Crippen LogP contribution in [0.2, 0.25) is 5.02 Å². The van der Waals surface area contributed by atoms with Gasteiger partial charge in [0.25, 0.3) is 11.5 Å². The molecule has 10 heteroatoms. The van der Waals surface area contributed by atoms with Crippen LogP contribution in [0.1, 0.15) is 41.6 Å². The number of fused-ring (bicyclic) bond motifs is 1. The molecule has 8 nitrogen and oxygen atoms in total. The molecule has 2 aromatic heterocycles. The lowest BCUT2D eigenvalue weighted by atomic mass is 9.88. The molecule has 1 saturated heterocycles. The smallest absolute Gasteiger partial charge is 0.261 e. The number of alkyl halides is 1. The summed E-state index contributed by atoms with van der Waals surface area (Å²) in [5.41, 5.74) is 4.92. The predicted molar refractivity (Wildman–Crippen MR) is 146 cm³/mol. The Labute approximate surface area is 223 Å². The minimum atomic E-state index is -0.957. The van der Waals surface area contributed by atoms with Gasteiger partial charge in [-0.2, -0.15) is 0 Å². The van der Waals surface area contributed by atoms with Gasteiger partial charge in [0.2, 0.25) is 0 Å². The Balaban J connectivity index is 1.40. The van der Waals surface area contributed by atoms with Crippen LogP contribution in [0, 0.1) is 6.92 Å². The van der Waals surface area contributed by atoms with E-state index in [4.69, 9.17) is 16.6 Å². The van der Waals surface area contributed by atoms with E-state index in [1.165, 1.54) is 0 Å². The SMILES string of the molecule is Cc1cc(C2CCN(C(=O)CF)CC2)cc2[nH]c(-c3c(NC[C@@H](O)c4cccc(Cl)c4)cc[nH]c3=O)nc12. The van der Waals surface area contributed by atoms with Crippen LogP contribution in [-0.4, -0.2) is 57.2 Å². The first-order valence-corrected chi connectivity index (χ1v) is 12.9. The van der Waals surface area contributed by atoms with Crippen LogP contribution in [0.5, 0.6) is 0 Å². The number of H-pyrrole nitrogens is 2. The summed E-state index contributed by atoms with van der Waals surface area (Å²) < 4.78 is 12.7. The molecule has 0 spiro atoms. The van der Waals surface area contributed by atoms with Gasteiger partial charge < -0.3 is 25.3 Å². The van der Waals surface area contributed by atoms with Crippen LogP contribution in [-0.2, 0) is 4.79 Å². The van der Waals surface area contributed by atoms with E-state index in [1.54, 1.807) is 41.4 Å². The van der Waals surface area contributed by atoms with E-state index in [0.29, 0.717) is 40.8 Å². The molecule has 4 N–H and O–H groups in total. The summed E-state index contributed by atoms with van der Waals surface area (Å²) in [4.78, 5) is 36.9. The molecule has 0 unspecified atom stereocenters. The average Bonchev–Trinajstić information content (AvgIpc) is 3.35. The first-order valence-electron chi connectivity index (χ1n) is 12.6. The van der Waals surface area contributed by atoms with E-state index < -0.39 is 18.7 Å². The molecule has 1 aliphatic heterocycles. The Morgan fingerprint density at radius 2 is 2.05 bits per heavy atom. The fraction of sp³-hybridized carbons (Fsp3) is 0.321. The van der Waals surface area contributed by atoms with Crippen LogP contribution in [0.15, 0.2) is 53.5 Å². The van der Waals surface area contributed by atoms with E-state index in [0.717, 1.165) is 35.0 Å². The second-order valence-corrected chi connectivity index (χ2v) is 10.1. The van der Waals surface area contributed by atoms with Crippen molar-refractivity contribution in [2.45, 2.75) is 31.8 Å². The molecule has 0 radical (unpaired) electrons. The van der Waals surface area contributed by atoms with E-state index in [2.05, 4.69) is 21.4 Å². The Hall–Kier alpha value is -3.69. The molecule has 38 heavy (non-hydrogen) atoms. The number of carbonyl (C=O) groups is 1. The monoisotopic (exact) mass is 537 g/mol. The van der Waals surface area contributed by atoms with E-state index in [1.807, 2.05) is 13.0 Å². The first-order chi connectivity index (χ1) is 18.3. The maximum atomic E-state index is 12.9. The largest absolute Gasteiger partial charge is 0.387 e. The summed E-state index contributed by atoms with van der Waals surface area (Å²) in [6, 6.07) is 12.9. The second kappa shape index (κ2) is 11.0. The van der Waals surface area contributed by atoms with Crippen molar-refractivity contribution in [1.82, 2.24) is 19.9 Å². The maximum absolute atomic E-state index is 12.9. The first kappa shape index (κ1) is 25.9. The lowest BCUT2D eigenvalue weighted by Crippen LogP contribution is -2.38. The minimum Gasteiger partial charge on any atom is -0.387 e. The minimum absolute atomic E-state index is 0.170. The third-order valence-electron chi connectivity index (χ3n) is 7.15. The highest BCUT2D eigenvalue weighted by Gasteiger charge is 2.25. The number of carbonyl (C=O) groups excluding carboxylic acids is 1. The molecule has 0 saturated carbocycles. The molecule has 1 amide bonds. The average molecular weight is 538 g/mol. The van der Waals surface area contributed by atoms with Crippen molar-refractivity contribution in [3.8, 4) is 11.4 Å². The number of nitrogens with zero attached hydrogens (tertiary/aromatic N) is 2. The van der Waals surface area contributed by atoms with Gasteiger partial charge >= 0.3 is 0 Å². The molecular weight excluding hydrogens is 509 g/mol. The molecule has 1 atom stereocenters. The van der Waals surface area contributed by atoms with Gasteiger partial charge in [-0.1, -0.05) is 29.8 Å². The maximum Gasteiger partial charge on any atom is 0.261 e.